The first-order valence-corrected chi connectivity index (χ1v) is 7.15. The van der Waals surface area contributed by atoms with Crippen molar-refractivity contribution in [3.63, 3.8) is 0 Å². The maximum absolute atomic E-state index is 11.0. The van der Waals surface area contributed by atoms with Crippen LogP contribution < -0.4 is 0 Å². The van der Waals surface area contributed by atoms with Crippen molar-refractivity contribution in [2.24, 2.45) is 5.92 Å². The molecular formula is C16H23NO2. The molecule has 3 nitrogen and oxygen atoms in total. The largest absolute Gasteiger partial charge is 0.481 e. The Morgan fingerprint density at radius 2 is 2.00 bits per heavy atom. The summed E-state index contributed by atoms with van der Waals surface area (Å²) in [5.41, 5.74) is 1.27. The number of hydrogen-bond donors (Lipinski definition) is 1. The zero-order valence-electron chi connectivity index (χ0n) is 11.6. The standard InChI is InChI=1S/C16H23NO2/c1-13-7-8-15(11-16(18)19)17(10-9-13)12-14-5-3-2-4-6-14/h2-6,13,15H,7-12H2,1H3,(H,18,19). The molecule has 2 unspecified atom stereocenters. The van der Waals surface area contributed by atoms with E-state index in [-0.39, 0.29) is 12.5 Å². The van der Waals surface area contributed by atoms with Gasteiger partial charge in [0, 0.05) is 12.6 Å². The summed E-state index contributed by atoms with van der Waals surface area (Å²) in [6.45, 7) is 4.14. The van der Waals surface area contributed by atoms with Crippen molar-refractivity contribution in [1.29, 1.82) is 0 Å². The van der Waals surface area contributed by atoms with Gasteiger partial charge >= 0.3 is 5.97 Å². The molecule has 0 saturated carbocycles. The van der Waals surface area contributed by atoms with Crippen molar-refractivity contribution in [2.75, 3.05) is 6.54 Å². The molecule has 0 spiro atoms. The SMILES string of the molecule is CC1CCC(CC(=O)O)N(Cc2ccccc2)CC1. The molecule has 1 aliphatic heterocycles. The van der Waals surface area contributed by atoms with Crippen molar-refractivity contribution in [3.05, 3.63) is 35.9 Å². The first kappa shape index (κ1) is 14.1. The maximum Gasteiger partial charge on any atom is 0.304 e. The Kier molecular flexibility index (Phi) is 4.97. The van der Waals surface area contributed by atoms with E-state index in [2.05, 4.69) is 24.0 Å². The maximum atomic E-state index is 11.0. The number of benzene rings is 1. The van der Waals surface area contributed by atoms with Gasteiger partial charge in [-0.1, -0.05) is 37.3 Å². The number of carboxylic acids is 1. The number of rotatable bonds is 4. The number of carbonyl (C=O) groups is 1. The molecule has 104 valence electrons. The molecular weight excluding hydrogens is 238 g/mol. The van der Waals surface area contributed by atoms with E-state index in [1.807, 2.05) is 18.2 Å². The normalized spacial score (nSPS) is 24.9. The van der Waals surface area contributed by atoms with E-state index in [4.69, 9.17) is 5.11 Å². The minimum absolute atomic E-state index is 0.183. The van der Waals surface area contributed by atoms with Gasteiger partial charge in [0.25, 0.3) is 0 Å². The van der Waals surface area contributed by atoms with Gasteiger partial charge in [-0.25, -0.2) is 0 Å². The number of hydrogen-bond acceptors (Lipinski definition) is 2. The fraction of sp³-hybridized carbons (Fsp3) is 0.562. The fourth-order valence-corrected chi connectivity index (χ4v) is 2.83. The van der Waals surface area contributed by atoms with Crippen molar-refractivity contribution >= 4 is 5.97 Å². The van der Waals surface area contributed by atoms with Crippen LogP contribution in [0.25, 0.3) is 0 Å². The van der Waals surface area contributed by atoms with Crippen LogP contribution in [0.15, 0.2) is 30.3 Å². The van der Waals surface area contributed by atoms with Crippen molar-refractivity contribution in [3.8, 4) is 0 Å². The summed E-state index contributed by atoms with van der Waals surface area (Å²) in [5, 5.41) is 9.08. The van der Waals surface area contributed by atoms with Gasteiger partial charge in [-0.2, -0.15) is 0 Å². The lowest BCUT2D eigenvalue weighted by atomic mass is 10.0. The average Bonchev–Trinajstić information content (AvgIpc) is 2.55. The molecule has 0 amide bonds. The molecule has 19 heavy (non-hydrogen) atoms. The van der Waals surface area contributed by atoms with Gasteiger partial charge in [0.2, 0.25) is 0 Å². The fourth-order valence-electron chi connectivity index (χ4n) is 2.83. The van der Waals surface area contributed by atoms with Gasteiger partial charge in [-0.05, 0) is 37.3 Å². The minimum atomic E-state index is -0.683. The predicted octanol–water partition coefficient (Wildman–Crippen LogP) is 3.15. The lowest BCUT2D eigenvalue weighted by Crippen LogP contribution is -2.36. The highest BCUT2D eigenvalue weighted by Crippen LogP contribution is 2.24. The van der Waals surface area contributed by atoms with Crippen LogP contribution in [0.3, 0.4) is 0 Å². The molecule has 1 saturated heterocycles. The van der Waals surface area contributed by atoms with E-state index in [1.165, 1.54) is 12.0 Å². The molecule has 0 radical (unpaired) electrons. The highest BCUT2D eigenvalue weighted by atomic mass is 16.4. The van der Waals surface area contributed by atoms with Crippen LogP contribution in [0.2, 0.25) is 0 Å². The highest BCUT2D eigenvalue weighted by Gasteiger charge is 2.25. The molecule has 0 aromatic heterocycles. The van der Waals surface area contributed by atoms with Crippen LogP contribution in [0.1, 0.15) is 38.2 Å². The molecule has 0 bridgehead atoms. The lowest BCUT2D eigenvalue weighted by molar-refractivity contribution is -0.138. The minimum Gasteiger partial charge on any atom is -0.481 e. The van der Waals surface area contributed by atoms with Crippen LogP contribution in [-0.4, -0.2) is 28.6 Å². The number of nitrogens with zero attached hydrogens (tertiary/aromatic N) is 1. The molecule has 1 heterocycles. The highest BCUT2D eigenvalue weighted by molar-refractivity contribution is 5.67. The summed E-state index contributed by atoms with van der Waals surface area (Å²) in [4.78, 5) is 13.4. The Morgan fingerprint density at radius 3 is 2.68 bits per heavy atom. The van der Waals surface area contributed by atoms with E-state index >= 15 is 0 Å². The third kappa shape index (κ3) is 4.35. The number of aliphatic carboxylic acids is 1. The second-order valence-corrected chi connectivity index (χ2v) is 5.68. The van der Waals surface area contributed by atoms with Crippen molar-refractivity contribution < 1.29 is 9.90 Å². The Morgan fingerprint density at radius 1 is 1.26 bits per heavy atom. The Balaban J connectivity index is 2.06. The van der Waals surface area contributed by atoms with Crippen LogP contribution in [0.5, 0.6) is 0 Å². The van der Waals surface area contributed by atoms with E-state index in [0.29, 0.717) is 5.92 Å². The summed E-state index contributed by atoms with van der Waals surface area (Å²) in [6.07, 6.45) is 3.58. The van der Waals surface area contributed by atoms with Crippen molar-refractivity contribution in [2.45, 2.75) is 45.2 Å². The number of likely N-dealkylation sites (tertiary alicyclic amines) is 1. The summed E-state index contributed by atoms with van der Waals surface area (Å²) in [6, 6.07) is 10.5. The Hall–Kier alpha value is -1.35. The van der Waals surface area contributed by atoms with Gasteiger partial charge in [0.1, 0.15) is 0 Å². The zero-order valence-corrected chi connectivity index (χ0v) is 11.6. The average molecular weight is 261 g/mol. The smallest absolute Gasteiger partial charge is 0.304 e. The van der Waals surface area contributed by atoms with Crippen LogP contribution in [0.4, 0.5) is 0 Å². The molecule has 1 fully saturated rings. The quantitative estimate of drug-likeness (QED) is 0.905. The summed E-state index contributed by atoms with van der Waals surface area (Å²) < 4.78 is 0. The molecule has 1 N–H and O–H groups in total. The molecule has 1 aliphatic rings. The van der Waals surface area contributed by atoms with Crippen LogP contribution in [0, 0.1) is 5.92 Å². The van der Waals surface area contributed by atoms with Crippen LogP contribution >= 0.6 is 0 Å². The van der Waals surface area contributed by atoms with Gasteiger partial charge in [0.05, 0.1) is 6.42 Å². The summed E-state index contributed by atoms with van der Waals surface area (Å²) in [7, 11) is 0. The first-order chi connectivity index (χ1) is 9.15. The molecule has 1 aromatic carbocycles. The third-order valence-electron chi connectivity index (χ3n) is 4.06. The van der Waals surface area contributed by atoms with Gasteiger partial charge in [-0.15, -0.1) is 0 Å². The van der Waals surface area contributed by atoms with Gasteiger partial charge < -0.3 is 5.11 Å². The topological polar surface area (TPSA) is 40.5 Å². The van der Waals surface area contributed by atoms with Crippen LogP contribution in [-0.2, 0) is 11.3 Å². The monoisotopic (exact) mass is 261 g/mol. The third-order valence-corrected chi connectivity index (χ3v) is 4.06. The predicted molar refractivity (Wildman–Crippen MR) is 75.9 cm³/mol. The van der Waals surface area contributed by atoms with E-state index in [9.17, 15) is 4.79 Å². The molecule has 3 heteroatoms. The van der Waals surface area contributed by atoms with Gasteiger partial charge in [0.15, 0.2) is 0 Å². The molecule has 2 atom stereocenters. The zero-order chi connectivity index (χ0) is 13.7. The molecule has 0 aliphatic carbocycles. The number of carboxylic acid groups (broad SMARTS) is 1. The van der Waals surface area contributed by atoms with E-state index in [1.54, 1.807) is 0 Å². The van der Waals surface area contributed by atoms with Crippen molar-refractivity contribution in [1.82, 2.24) is 4.90 Å². The Labute approximate surface area is 115 Å². The van der Waals surface area contributed by atoms with E-state index < -0.39 is 5.97 Å². The second kappa shape index (κ2) is 6.71. The summed E-state index contributed by atoms with van der Waals surface area (Å²) >= 11 is 0. The lowest BCUT2D eigenvalue weighted by Gasteiger charge is -2.28. The Bertz CT molecular complexity index is 404. The molecule has 1 aromatic rings. The second-order valence-electron chi connectivity index (χ2n) is 5.68. The first-order valence-electron chi connectivity index (χ1n) is 7.15. The van der Waals surface area contributed by atoms with E-state index in [0.717, 1.165) is 25.9 Å². The van der Waals surface area contributed by atoms with Gasteiger partial charge in [-0.3, -0.25) is 9.69 Å². The summed E-state index contributed by atoms with van der Waals surface area (Å²) in [5.74, 6) is 0.0229. The molecule has 2 rings (SSSR count).